The van der Waals surface area contributed by atoms with Crippen molar-refractivity contribution in [2.45, 2.75) is 19.3 Å². The molecule has 9 heterocycles. The molecule has 0 aliphatic heterocycles. The van der Waals surface area contributed by atoms with Crippen molar-refractivity contribution < 1.29 is 0 Å². The molecule has 0 saturated carbocycles. The largest absolute Gasteiger partial charge is 0.307 e. The van der Waals surface area contributed by atoms with Crippen LogP contribution in [0.15, 0.2) is 395 Å². The molecule has 25 aromatic rings. The number of pyridine rings is 1. The first-order valence-electron chi connectivity index (χ1n) is 42.2. The van der Waals surface area contributed by atoms with E-state index in [-0.39, 0.29) is 0 Å². The van der Waals surface area contributed by atoms with Gasteiger partial charge in [0.05, 0.1) is 83.3 Å². The lowest BCUT2D eigenvalue weighted by atomic mass is 10.0. The van der Waals surface area contributed by atoms with Crippen LogP contribution in [-0.4, -0.2) is 52.3 Å². The quantitative estimate of drug-likeness (QED) is 0.158. The SMILES string of the molecule is c1ccc(-c2nc(-n3c4ccccc4c4ccc5c6ccccc6n(-c6ccccc6)c5c43)nc3c2Cc2ccccc2-3)cc1.c1ccc(-n2c3ccccc3c3ccc4c5ccccc5n(-c5cc6c(cn5)Cc5ccccc5-6)c4c32)cc1.c1ccc(-n2c3ccccc3c3ccc4c5ccccc5n(-c5ncc6c(n5)-c5ccccc5C6)c4c32)cc1. The summed E-state index contributed by atoms with van der Waals surface area (Å²) in [6.07, 6.45) is 6.75. The van der Waals surface area contributed by atoms with Crippen LogP contribution in [0.25, 0.3) is 211 Å². The van der Waals surface area contributed by atoms with Gasteiger partial charge in [0.15, 0.2) is 0 Å². The molecule has 0 N–H and O–H groups in total. The van der Waals surface area contributed by atoms with Crippen molar-refractivity contribution >= 4 is 131 Å². The van der Waals surface area contributed by atoms with Crippen molar-refractivity contribution in [2.75, 3.05) is 0 Å². The molecule has 11 heteroatoms. The summed E-state index contributed by atoms with van der Waals surface area (Å²) in [5.74, 6) is 2.34. The van der Waals surface area contributed by atoms with E-state index in [0.29, 0.717) is 11.9 Å². The zero-order valence-electron chi connectivity index (χ0n) is 66.6. The summed E-state index contributed by atoms with van der Waals surface area (Å²) in [7, 11) is 0. The molecule has 3 aliphatic rings. The van der Waals surface area contributed by atoms with Gasteiger partial charge < -0.3 is 13.7 Å². The van der Waals surface area contributed by atoms with Crippen molar-refractivity contribution in [3.8, 4) is 79.7 Å². The molecule has 574 valence electrons. The molecule has 0 radical (unpaired) electrons. The van der Waals surface area contributed by atoms with Crippen LogP contribution in [0.4, 0.5) is 0 Å². The third-order valence-electron chi connectivity index (χ3n) is 25.9. The van der Waals surface area contributed by atoms with E-state index in [1.807, 2.05) is 6.20 Å². The highest BCUT2D eigenvalue weighted by Crippen LogP contribution is 2.49. The lowest BCUT2D eigenvalue weighted by molar-refractivity contribution is 0.980. The summed E-state index contributed by atoms with van der Waals surface area (Å²) in [6.45, 7) is 0. The van der Waals surface area contributed by atoms with Crippen LogP contribution in [0.2, 0.25) is 0 Å². The zero-order chi connectivity index (χ0) is 80.5. The predicted molar refractivity (Wildman–Crippen MR) is 504 cm³/mol. The number of fused-ring (bicyclic) bond motifs is 30. The number of nitrogens with zero attached hydrogens (tertiary/aromatic N) is 11. The maximum Gasteiger partial charge on any atom is 0.235 e. The van der Waals surface area contributed by atoms with Gasteiger partial charge in [-0.3, -0.25) is 13.7 Å². The predicted octanol–water partition coefficient (Wildman–Crippen LogP) is 27.0. The number of aromatic nitrogens is 11. The lowest BCUT2D eigenvalue weighted by Crippen LogP contribution is -2.06. The Morgan fingerprint density at radius 2 is 0.504 bits per heavy atom. The summed E-state index contributed by atoms with van der Waals surface area (Å²) in [5.41, 5.74) is 34.1. The van der Waals surface area contributed by atoms with E-state index >= 15 is 0 Å². The molecular formula is C112H71N11. The molecule has 0 atom stereocenters. The first-order valence-corrected chi connectivity index (χ1v) is 42.2. The Bertz CT molecular complexity index is 8400. The smallest absolute Gasteiger partial charge is 0.235 e. The van der Waals surface area contributed by atoms with Crippen molar-refractivity contribution in [3.63, 3.8) is 0 Å². The molecule has 3 aliphatic carbocycles. The first kappa shape index (κ1) is 68.7. The van der Waals surface area contributed by atoms with E-state index < -0.39 is 0 Å². The molecule has 11 nitrogen and oxygen atoms in total. The highest BCUT2D eigenvalue weighted by atomic mass is 15.2. The Labute approximate surface area is 705 Å². The molecule has 0 amide bonds. The summed E-state index contributed by atoms with van der Waals surface area (Å²) in [6, 6.07) is 137. The second kappa shape index (κ2) is 27.1. The Hall–Kier alpha value is -16.4. The topological polar surface area (TPSA) is 94.0 Å². The average Bonchev–Trinajstić information content (AvgIpc) is 1.55. The van der Waals surface area contributed by atoms with E-state index in [9.17, 15) is 0 Å². The molecule has 9 aromatic heterocycles. The summed E-state index contributed by atoms with van der Waals surface area (Å²) < 4.78 is 14.2. The number of hydrogen-bond donors (Lipinski definition) is 0. The molecule has 0 fully saturated rings. The van der Waals surface area contributed by atoms with Crippen LogP contribution in [0.5, 0.6) is 0 Å². The maximum absolute atomic E-state index is 5.45. The molecule has 0 saturated heterocycles. The number of hydrogen-bond acceptors (Lipinski definition) is 5. The van der Waals surface area contributed by atoms with E-state index in [2.05, 4.69) is 416 Å². The van der Waals surface area contributed by atoms with E-state index in [1.165, 1.54) is 159 Å². The Morgan fingerprint density at radius 1 is 0.195 bits per heavy atom. The van der Waals surface area contributed by atoms with E-state index in [0.717, 1.165) is 92.4 Å². The number of rotatable bonds is 7. The first-order chi connectivity index (χ1) is 61.1. The minimum absolute atomic E-state index is 0.688. The Morgan fingerprint density at radius 3 is 0.959 bits per heavy atom. The van der Waals surface area contributed by atoms with Gasteiger partial charge in [0.25, 0.3) is 0 Å². The second-order valence-electron chi connectivity index (χ2n) is 32.5. The lowest BCUT2D eigenvalue weighted by Gasteiger charge is -2.14. The highest BCUT2D eigenvalue weighted by Gasteiger charge is 2.32. The van der Waals surface area contributed by atoms with Gasteiger partial charge >= 0.3 is 0 Å². The van der Waals surface area contributed by atoms with Crippen molar-refractivity contribution in [2.24, 2.45) is 0 Å². The second-order valence-corrected chi connectivity index (χ2v) is 32.5. The standard InChI is InChI=1S/C41H26N4.C36H23N3.C35H22N4/c1-3-13-26(14-4-1)37-34-25-27-15-7-8-18-29(27)38(34)43-41(42-37)45-36-22-12-10-20-31(36)33-24-23-32-30-19-9-11-21-35(30)44(39(32)40(33)45)28-16-5-2-6-17-28;1-2-11-25(12-3-1)38-32-16-8-6-14-27(32)29-18-19-30-28-15-7-9-17-33(28)39(36(30)35(29)38)34-21-31-24(22-37-34)20-23-10-4-5-13-26(23)31;1-2-11-24(12-3-1)38-30-16-8-6-14-26(30)28-18-19-29-27-15-7-9-17-31(27)39(34(29)33(28)38)35-36-21-23-20-22-10-4-5-13-25(22)32(23)37-35/h1-24H,25H2;1-19,21-22H,20H2;1-19,21H,20H2. The molecule has 28 rings (SSSR count). The fourth-order valence-corrected chi connectivity index (χ4v) is 20.7. The molecular weight excluding hydrogens is 1500 g/mol. The molecule has 0 bridgehead atoms. The van der Waals surface area contributed by atoms with Crippen LogP contribution < -0.4 is 0 Å². The van der Waals surface area contributed by atoms with Crippen LogP contribution in [0, 0.1) is 0 Å². The summed E-state index contributed by atoms with van der Waals surface area (Å²) in [5, 5.41) is 14.6. The number of benzene rings is 16. The minimum atomic E-state index is 0.688. The van der Waals surface area contributed by atoms with Gasteiger partial charge in [-0.05, 0) is 112 Å². The third-order valence-corrected chi connectivity index (χ3v) is 25.9. The molecule has 16 aromatic carbocycles. The number of para-hydroxylation sites is 9. The molecule has 0 spiro atoms. The van der Waals surface area contributed by atoms with Gasteiger partial charge in [-0.2, -0.15) is 0 Å². The maximum atomic E-state index is 5.45. The Balaban J connectivity index is 0.0000000993. The van der Waals surface area contributed by atoms with Crippen molar-refractivity contribution in [1.29, 1.82) is 0 Å². The van der Waals surface area contributed by atoms with Gasteiger partial charge in [0, 0.05) is 141 Å². The summed E-state index contributed by atoms with van der Waals surface area (Å²) >= 11 is 0. The minimum Gasteiger partial charge on any atom is -0.307 e. The third kappa shape index (κ3) is 10.3. The van der Waals surface area contributed by atoms with Gasteiger partial charge in [-0.15, -0.1) is 0 Å². The van der Waals surface area contributed by atoms with Crippen LogP contribution in [0.3, 0.4) is 0 Å². The van der Waals surface area contributed by atoms with Crippen LogP contribution >= 0.6 is 0 Å². The molecule has 0 unspecified atom stereocenters. The normalized spacial score (nSPS) is 12.5. The van der Waals surface area contributed by atoms with Crippen LogP contribution in [0.1, 0.15) is 33.4 Å². The zero-order valence-corrected chi connectivity index (χ0v) is 66.6. The van der Waals surface area contributed by atoms with Gasteiger partial charge in [0.1, 0.15) is 5.82 Å². The fourth-order valence-electron chi connectivity index (χ4n) is 20.7. The van der Waals surface area contributed by atoms with Crippen molar-refractivity contribution in [1.82, 2.24) is 52.3 Å². The van der Waals surface area contributed by atoms with Crippen molar-refractivity contribution in [3.05, 3.63) is 428 Å². The fraction of sp³-hybridized carbons (Fsp3) is 0.0268. The average molecular weight is 1570 g/mol. The van der Waals surface area contributed by atoms with E-state index in [1.54, 1.807) is 0 Å². The van der Waals surface area contributed by atoms with Gasteiger partial charge in [-0.1, -0.05) is 303 Å². The summed E-state index contributed by atoms with van der Waals surface area (Å²) in [4.78, 5) is 26.2. The van der Waals surface area contributed by atoms with E-state index in [4.69, 9.17) is 24.9 Å². The Kier molecular flexibility index (Phi) is 15.1. The molecule has 123 heavy (non-hydrogen) atoms. The van der Waals surface area contributed by atoms with Crippen LogP contribution in [-0.2, 0) is 19.3 Å². The van der Waals surface area contributed by atoms with Gasteiger partial charge in [0.2, 0.25) is 11.9 Å². The van der Waals surface area contributed by atoms with Gasteiger partial charge in [-0.25, -0.2) is 24.9 Å². The monoisotopic (exact) mass is 1570 g/mol. The highest BCUT2D eigenvalue weighted by molar-refractivity contribution is 6.27.